The number of aliphatic hydroxyl groups is 1. The number of allylic oxidation sites excluding steroid dienone is 1. The number of halogens is 2. The van der Waals surface area contributed by atoms with E-state index in [1.165, 1.54) is 0 Å². The summed E-state index contributed by atoms with van der Waals surface area (Å²) in [5.41, 5.74) is 2.54. The van der Waals surface area contributed by atoms with Crippen LogP contribution in [0.3, 0.4) is 0 Å². The molecule has 0 amide bonds. The van der Waals surface area contributed by atoms with Crippen LogP contribution in [0.4, 0.5) is 0 Å². The summed E-state index contributed by atoms with van der Waals surface area (Å²) >= 11 is -0.826. The molecule has 0 spiro atoms. The molecule has 2 nitrogen and oxygen atoms in total. The maximum atomic E-state index is 10.1. The third-order valence-electron chi connectivity index (χ3n) is 2.65. The van der Waals surface area contributed by atoms with Crippen molar-refractivity contribution in [2.45, 2.75) is 0 Å². The normalized spacial score (nSPS) is 11.4. The van der Waals surface area contributed by atoms with Crippen LogP contribution in [0.15, 0.2) is 71.7 Å². The zero-order valence-electron chi connectivity index (χ0n) is 11.5. The summed E-state index contributed by atoms with van der Waals surface area (Å²) in [6.45, 7) is 0. The van der Waals surface area contributed by atoms with Gasteiger partial charge >= 0.3 is 37.9 Å². The summed E-state index contributed by atoms with van der Waals surface area (Å²) in [5, 5.41) is 10.1. The number of hydrogen-bond donors (Lipinski definition) is 1. The summed E-state index contributed by atoms with van der Waals surface area (Å²) in [6, 6.07) is 19.2. The Balaban J connectivity index is 0.000000677. The van der Waals surface area contributed by atoms with Crippen molar-refractivity contribution in [2.75, 3.05) is 7.05 Å². The molecule has 0 aliphatic rings. The van der Waals surface area contributed by atoms with Gasteiger partial charge in [0.1, 0.15) is 5.76 Å². The quantitative estimate of drug-likeness (QED) is 0.567. The van der Waals surface area contributed by atoms with Crippen LogP contribution in [-0.2, 0) is 20.8 Å². The Bertz CT molecular complexity index is 586. The van der Waals surface area contributed by atoms with E-state index in [1.54, 1.807) is 13.1 Å². The SMILES string of the molecule is CN=C(/C=C(\O)c1ccccc1)c1ccccc1.[Cl][Zr][Cl]. The predicted octanol–water partition coefficient (Wildman–Crippen LogP) is 5.08. The van der Waals surface area contributed by atoms with Gasteiger partial charge in [-0.2, -0.15) is 0 Å². The first-order valence-corrected chi connectivity index (χ1v) is 12.5. The molecule has 0 radical (unpaired) electrons. The standard InChI is InChI=1S/C16H15NO.2ClH.Zr/c1-17-15(13-8-4-2-5-9-13)12-16(18)14-10-6-3-7-11-14;;;/h2-12,18H,1H3;2*1H;/q;;;+2/p-2/b16-12-,17-15?;;;. The number of aliphatic imine (C=N–C) groups is 1. The van der Waals surface area contributed by atoms with Gasteiger partial charge in [0.15, 0.2) is 0 Å². The molecule has 2 rings (SSSR count). The number of hydrogen-bond acceptors (Lipinski definition) is 2. The van der Waals surface area contributed by atoms with E-state index in [4.69, 9.17) is 17.0 Å². The van der Waals surface area contributed by atoms with Gasteiger partial charge in [0.25, 0.3) is 0 Å². The van der Waals surface area contributed by atoms with Crippen LogP contribution in [0.25, 0.3) is 5.76 Å². The third kappa shape index (κ3) is 6.60. The molecule has 0 aliphatic carbocycles. The van der Waals surface area contributed by atoms with Crippen molar-refractivity contribution in [3.63, 3.8) is 0 Å². The van der Waals surface area contributed by atoms with Gasteiger partial charge in [0.2, 0.25) is 0 Å². The van der Waals surface area contributed by atoms with Gasteiger partial charge in [0, 0.05) is 18.7 Å². The van der Waals surface area contributed by atoms with Gasteiger partial charge in [-0.25, -0.2) is 0 Å². The second-order valence-corrected chi connectivity index (χ2v) is 7.67. The molecular weight excluding hydrogens is 384 g/mol. The van der Waals surface area contributed by atoms with E-state index in [-0.39, 0.29) is 5.76 Å². The Morgan fingerprint density at radius 3 is 1.81 bits per heavy atom. The first kappa shape index (κ1) is 18.2. The molecule has 0 fully saturated rings. The van der Waals surface area contributed by atoms with Crippen LogP contribution in [0.2, 0.25) is 0 Å². The fourth-order valence-electron chi connectivity index (χ4n) is 1.71. The zero-order valence-corrected chi connectivity index (χ0v) is 15.5. The summed E-state index contributed by atoms with van der Waals surface area (Å²) in [4.78, 5) is 4.20. The minimum absolute atomic E-state index is 0.222. The van der Waals surface area contributed by atoms with Gasteiger partial charge in [-0.05, 0) is 5.56 Å². The van der Waals surface area contributed by atoms with Crippen LogP contribution >= 0.6 is 17.0 Å². The molecule has 0 heterocycles. The third-order valence-corrected chi connectivity index (χ3v) is 2.65. The molecular formula is C16H15Cl2NOZr. The average Bonchev–Trinajstić information content (AvgIpc) is 2.55. The van der Waals surface area contributed by atoms with E-state index in [0.717, 1.165) is 16.8 Å². The molecule has 21 heavy (non-hydrogen) atoms. The second-order valence-electron chi connectivity index (χ2n) is 3.94. The van der Waals surface area contributed by atoms with Crippen LogP contribution in [0, 0.1) is 0 Å². The molecule has 5 heteroatoms. The number of rotatable bonds is 3. The summed E-state index contributed by atoms with van der Waals surface area (Å²) in [7, 11) is 11.6. The molecule has 0 saturated heterocycles. The summed E-state index contributed by atoms with van der Waals surface area (Å²) in [5.74, 6) is 0.222. The van der Waals surface area contributed by atoms with Crippen molar-refractivity contribution in [3.8, 4) is 0 Å². The number of nitrogens with zero attached hydrogens (tertiary/aromatic N) is 1. The Hall–Kier alpha value is -0.887. The van der Waals surface area contributed by atoms with Crippen LogP contribution in [0.1, 0.15) is 11.1 Å². The van der Waals surface area contributed by atoms with E-state index in [9.17, 15) is 5.11 Å². The van der Waals surface area contributed by atoms with E-state index in [0.29, 0.717) is 0 Å². The van der Waals surface area contributed by atoms with Crippen LogP contribution < -0.4 is 0 Å². The van der Waals surface area contributed by atoms with E-state index >= 15 is 0 Å². The fourth-order valence-corrected chi connectivity index (χ4v) is 1.71. The first-order valence-electron chi connectivity index (χ1n) is 6.17. The maximum absolute atomic E-state index is 10.1. The minimum atomic E-state index is -0.826. The fraction of sp³-hybridized carbons (Fsp3) is 0.0625. The number of benzene rings is 2. The van der Waals surface area contributed by atoms with Crippen LogP contribution in [0.5, 0.6) is 0 Å². The van der Waals surface area contributed by atoms with Crippen molar-refractivity contribution in [3.05, 3.63) is 77.9 Å². The molecule has 0 unspecified atom stereocenters. The Morgan fingerprint density at radius 1 is 0.952 bits per heavy atom. The van der Waals surface area contributed by atoms with Crippen molar-refractivity contribution < 1.29 is 26.0 Å². The molecule has 0 aliphatic heterocycles. The molecule has 108 valence electrons. The molecule has 0 aromatic heterocycles. The van der Waals surface area contributed by atoms with Gasteiger partial charge in [-0.15, -0.1) is 0 Å². The van der Waals surface area contributed by atoms with Crippen molar-refractivity contribution in [1.29, 1.82) is 0 Å². The summed E-state index contributed by atoms with van der Waals surface area (Å²) in [6.07, 6.45) is 1.69. The van der Waals surface area contributed by atoms with E-state index < -0.39 is 20.8 Å². The van der Waals surface area contributed by atoms with Gasteiger partial charge < -0.3 is 5.11 Å². The Labute approximate surface area is 143 Å². The average molecular weight is 399 g/mol. The zero-order chi connectivity index (χ0) is 15.5. The van der Waals surface area contributed by atoms with Crippen molar-refractivity contribution >= 4 is 28.5 Å². The monoisotopic (exact) mass is 397 g/mol. The van der Waals surface area contributed by atoms with E-state index in [1.807, 2.05) is 60.7 Å². The first-order chi connectivity index (χ1) is 10.2. The second kappa shape index (κ2) is 10.8. The van der Waals surface area contributed by atoms with Crippen LogP contribution in [-0.4, -0.2) is 17.9 Å². The van der Waals surface area contributed by atoms with Gasteiger partial charge in [0.05, 0.1) is 5.71 Å². The topological polar surface area (TPSA) is 32.6 Å². The van der Waals surface area contributed by atoms with Gasteiger partial charge in [-0.1, -0.05) is 60.7 Å². The van der Waals surface area contributed by atoms with E-state index in [2.05, 4.69) is 4.99 Å². The van der Waals surface area contributed by atoms with Crippen molar-refractivity contribution in [1.82, 2.24) is 0 Å². The molecule has 2 aromatic carbocycles. The Morgan fingerprint density at radius 2 is 1.38 bits per heavy atom. The number of aliphatic hydroxyl groups excluding tert-OH is 1. The molecule has 2 aromatic rings. The molecule has 0 bridgehead atoms. The predicted molar refractivity (Wildman–Crippen MR) is 87.7 cm³/mol. The summed E-state index contributed by atoms with van der Waals surface area (Å²) < 4.78 is 0. The van der Waals surface area contributed by atoms with Gasteiger partial charge in [-0.3, -0.25) is 4.99 Å². The molecule has 1 N–H and O–H groups in total. The molecule has 0 atom stereocenters. The van der Waals surface area contributed by atoms with Crippen molar-refractivity contribution in [2.24, 2.45) is 4.99 Å². The molecule has 0 saturated carbocycles. The Kier molecular flexibility index (Phi) is 9.33.